The van der Waals surface area contributed by atoms with Gasteiger partial charge in [-0.2, -0.15) is 0 Å². The Kier molecular flexibility index (Phi) is 7.33. The molecule has 1 atom stereocenters. The van der Waals surface area contributed by atoms with Gasteiger partial charge in [-0.3, -0.25) is 4.79 Å². The van der Waals surface area contributed by atoms with E-state index < -0.39 is 10.0 Å². The van der Waals surface area contributed by atoms with Crippen LogP contribution in [0.25, 0.3) is 0 Å². The number of carbonyl (C=O) groups excluding carboxylic acids is 1. The first kappa shape index (κ1) is 22.1. The van der Waals surface area contributed by atoms with Gasteiger partial charge in [-0.15, -0.1) is 0 Å². The Labute approximate surface area is 177 Å². The van der Waals surface area contributed by atoms with E-state index in [4.69, 9.17) is 9.47 Å². The molecule has 1 amide bonds. The van der Waals surface area contributed by atoms with Crippen molar-refractivity contribution in [2.75, 3.05) is 26.3 Å². The molecule has 0 aromatic heterocycles. The van der Waals surface area contributed by atoms with Gasteiger partial charge in [0.25, 0.3) is 0 Å². The van der Waals surface area contributed by atoms with Gasteiger partial charge in [-0.25, -0.2) is 13.1 Å². The molecule has 0 radical (unpaired) electrons. The van der Waals surface area contributed by atoms with Gasteiger partial charge in [-0.05, 0) is 55.7 Å². The average Bonchev–Trinajstić information content (AvgIpc) is 3.16. The average molecular weight is 433 g/mol. The summed E-state index contributed by atoms with van der Waals surface area (Å²) in [5.74, 6) is 1.47. The third-order valence-corrected chi connectivity index (χ3v) is 6.43. The van der Waals surface area contributed by atoms with E-state index >= 15 is 0 Å². The fourth-order valence-electron chi connectivity index (χ4n) is 3.42. The Hall–Kier alpha value is -2.58. The zero-order valence-corrected chi connectivity index (χ0v) is 18.1. The maximum atomic E-state index is 12.6. The molecule has 7 nitrogen and oxygen atoms in total. The van der Waals surface area contributed by atoms with Crippen LogP contribution >= 0.6 is 0 Å². The Morgan fingerprint density at radius 2 is 1.73 bits per heavy atom. The number of amides is 1. The van der Waals surface area contributed by atoms with Crippen molar-refractivity contribution in [3.8, 4) is 11.5 Å². The first-order chi connectivity index (χ1) is 14.4. The second-order valence-electron chi connectivity index (χ2n) is 7.07. The smallest absolute Gasteiger partial charge is 0.240 e. The Morgan fingerprint density at radius 3 is 2.37 bits per heavy atom. The van der Waals surface area contributed by atoms with Crippen molar-refractivity contribution in [2.45, 2.75) is 37.5 Å². The molecule has 0 spiro atoms. The monoisotopic (exact) mass is 432 g/mol. The summed E-state index contributed by atoms with van der Waals surface area (Å²) < 4.78 is 39.0. The molecule has 0 aliphatic carbocycles. The maximum absolute atomic E-state index is 12.6. The van der Waals surface area contributed by atoms with Crippen LogP contribution in [0.3, 0.4) is 0 Å². The summed E-state index contributed by atoms with van der Waals surface area (Å²) in [6.07, 6.45) is 0.968. The molecular formula is C22H28N2O5S. The molecule has 0 bridgehead atoms. The number of rotatable bonds is 10. The van der Waals surface area contributed by atoms with Crippen LogP contribution in [0.4, 0.5) is 0 Å². The van der Waals surface area contributed by atoms with E-state index in [2.05, 4.69) is 10.0 Å². The lowest BCUT2D eigenvalue weighted by Gasteiger charge is -2.13. The summed E-state index contributed by atoms with van der Waals surface area (Å²) in [7, 11) is -3.61. The fraction of sp³-hybridized carbons (Fsp3) is 0.409. The van der Waals surface area contributed by atoms with Gasteiger partial charge in [0.2, 0.25) is 15.9 Å². The minimum Gasteiger partial charge on any atom is -0.490 e. The van der Waals surface area contributed by atoms with Crippen LogP contribution in [0, 0.1) is 0 Å². The summed E-state index contributed by atoms with van der Waals surface area (Å²) >= 11 is 0. The summed E-state index contributed by atoms with van der Waals surface area (Å²) in [6.45, 7) is 5.75. The van der Waals surface area contributed by atoms with Gasteiger partial charge in [0.15, 0.2) is 11.5 Å². The van der Waals surface area contributed by atoms with E-state index in [1.54, 1.807) is 24.3 Å². The van der Waals surface area contributed by atoms with Gasteiger partial charge in [-0.1, -0.05) is 18.2 Å². The van der Waals surface area contributed by atoms with Gasteiger partial charge in [0.05, 0.1) is 18.1 Å². The van der Waals surface area contributed by atoms with Crippen molar-refractivity contribution in [2.24, 2.45) is 0 Å². The number of ether oxygens (including phenoxy) is 2. The van der Waals surface area contributed by atoms with Gasteiger partial charge < -0.3 is 14.8 Å². The number of benzene rings is 2. The number of nitrogens with one attached hydrogen (secondary N) is 2. The minimum absolute atomic E-state index is 0.0279. The van der Waals surface area contributed by atoms with Crippen molar-refractivity contribution in [1.29, 1.82) is 0 Å². The highest BCUT2D eigenvalue weighted by Crippen LogP contribution is 2.29. The highest BCUT2D eigenvalue weighted by Gasteiger charge is 2.23. The molecule has 0 unspecified atom stereocenters. The van der Waals surface area contributed by atoms with E-state index in [0.717, 1.165) is 11.1 Å². The third-order valence-electron chi connectivity index (χ3n) is 4.95. The molecule has 162 valence electrons. The predicted molar refractivity (Wildman–Crippen MR) is 114 cm³/mol. The zero-order valence-electron chi connectivity index (χ0n) is 17.3. The molecule has 2 aromatic rings. The molecule has 3 rings (SSSR count). The van der Waals surface area contributed by atoms with Crippen molar-refractivity contribution in [1.82, 2.24) is 10.0 Å². The van der Waals surface area contributed by atoms with Gasteiger partial charge in [0, 0.05) is 25.4 Å². The topological polar surface area (TPSA) is 93.7 Å². The van der Waals surface area contributed by atoms with Crippen LogP contribution in [-0.2, 0) is 21.2 Å². The highest BCUT2D eigenvalue weighted by molar-refractivity contribution is 7.89. The van der Waals surface area contributed by atoms with Crippen LogP contribution in [-0.4, -0.2) is 40.6 Å². The van der Waals surface area contributed by atoms with E-state index in [9.17, 15) is 13.2 Å². The lowest BCUT2D eigenvalue weighted by atomic mass is 9.99. The molecule has 1 heterocycles. The molecule has 1 aliphatic rings. The highest BCUT2D eigenvalue weighted by atomic mass is 32.2. The van der Waals surface area contributed by atoms with Crippen molar-refractivity contribution in [3.63, 3.8) is 0 Å². The molecule has 0 saturated carbocycles. The Balaban J connectivity index is 1.59. The zero-order chi connectivity index (χ0) is 21.6. The Morgan fingerprint density at radius 1 is 1.03 bits per heavy atom. The third kappa shape index (κ3) is 5.52. The lowest BCUT2D eigenvalue weighted by Crippen LogP contribution is -2.26. The summed E-state index contributed by atoms with van der Waals surface area (Å²) in [5, 5.41) is 2.79. The number of hydrogen-bond donors (Lipinski definition) is 2. The van der Waals surface area contributed by atoms with Crippen molar-refractivity contribution in [3.05, 3.63) is 53.6 Å². The van der Waals surface area contributed by atoms with Crippen LogP contribution in [0.5, 0.6) is 11.5 Å². The van der Waals surface area contributed by atoms with Crippen LogP contribution in [0.2, 0.25) is 0 Å². The predicted octanol–water partition coefficient (Wildman–Crippen LogP) is 2.61. The molecule has 30 heavy (non-hydrogen) atoms. The summed E-state index contributed by atoms with van der Waals surface area (Å²) in [4.78, 5) is 11.6. The molecule has 1 aliphatic heterocycles. The summed E-state index contributed by atoms with van der Waals surface area (Å²) in [6, 6.07) is 12.4. The quantitative estimate of drug-likeness (QED) is 0.602. The number of hydrogen-bond acceptors (Lipinski definition) is 5. The fourth-order valence-corrected chi connectivity index (χ4v) is 4.46. The molecule has 2 N–H and O–H groups in total. The van der Waals surface area contributed by atoms with E-state index in [1.807, 2.05) is 32.0 Å². The molecule has 1 saturated heterocycles. The molecule has 2 aromatic carbocycles. The van der Waals surface area contributed by atoms with Gasteiger partial charge >= 0.3 is 0 Å². The van der Waals surface area contributed by atoms with Crippen LogP contribution in [0.15, 0.2) is 47.4 Å². The van der Waals surface area contributed by atoms with E-state index in [1.165, 1.54) is 0 Å². The largest absolute Gasteiger partial charge is 0.490 e. The van der Waals surface area contributed by atoms with Crippen molar-refractivity contribution < 1.29 is 22.7 Å². The first-order valence-corrected chi connectivity index (χ1v) is 11.7. The van der Waals surface area contributed by atoms with Crippen LogP contribution < -0.4 is 19.5 Å². The van der Waals surface area contributed by atoms with E-state index in [0.29, 0.717) is 44.1 Å². The molecular weight excluding hydrogens is 404 g/mol. The first-order valence-electron chi connectivity index (χ1n) is 10.2. The molecule has 8 heteroatoms. The maximum Gasteiger partial charge on any atom is 0.240 e. The lowest BCUT2D eigenvalue weighted by molar-refractivity contribution is -0.119. The standard InChI is InChI=1S/C22H28N2O5S/c1-3-28-20-10-5-16(13-21(20)29-4-2)11-12-24-30(26,27)19-8-6-17(7-9-19)18-14-22(25)23-15-18/h5-10,13,18,24H,3-4,11-12,14-15H2,1-2H3,(H,23,25)/t18-/m1/s1. The second-order valence-corrected chi connectivity index (χ2v) is 8.84. The molecule has 1 fully saturated rings. The number of sulfonamides is 1. The second kappa shape index (κ2) is 9.95. The normalized spacial score (nSPS) is 16.3. The van der Waals surface area contributed by atoms with Crippen LogP contribution in [0.1, 0.15) is 37.3 Å². The number of carbonyl (C=O) groups is 1. The van der Waals surface area contributed by atoms with Crippen molar-refractivity contribution >= 4 is 15.9 Å². The Bertz CT molecular complexity index is 974. The SMILES string of the molecule is CCOc1ccc(CCNS(=O)(=O)c2ccc([C@H]3CNC(=O)C3)cc2)cc1OCC. The minimum atomic E-state index is -3.61. The van der Waals surface area contributed by atoms with Gasteiger partial charge in [0.1, 0.15) is 0 Å². The van der Waals surface area contributed by atoms with E-state index in [-0.39, 0.29) is 23.3 Å². The summed E-state index contributed by atoms with van der Waals surface area (Å²) in [5.41, 5.74) is 1.92.